The standard InChI is InChI=1S/C40H44N4O6/c1-2-4-27(45)19-29(47)20-28(46)9-6-24-7-13-37-38(17-24)50-40-25(5-3-16-49-37)8-12-36(48)31-10-11-32-30(14-15-42-39(32)41)33(31)18-26-21-43-35-23-44(40)22-34(26)35/h7,10-11,13,17,21,23,25,27,29,36,39-40,42,45,47-48H,2,4-6,9,14-15,18-20,22,41H2,1H3/p+1/t25-,27-,29+,36-,39+,40+/m0/s1. The van der Waals surface area contributed by atoms with Crippen molar-refractivity contribution in [2.75, 3.05) is 13.1 Å². The van der Waals surface area contributed by atoms with Crippen molar-refractivity contribution in [1.82, 2.24) is 5.32 Å². The minimum Gasteiger partial charge on any atom is -0.437 e. The summed E-state index contributed by atoms with van der Waals surface area (Å²) in [5.74, 6) is 10.2. The maximum atomic E-state index is 12.7. The molecule has 0 spiro atoms. The molecule has 50 heavy (non-hydrogen) atoms. The molecule has 0 saturated carbocycles. The topological polar surface area (TPSA) is 151 Å². The summed E-state index contributed by atoms with van der Waals surface area (Å²) in [6.45, 7) is 3.40. The molecule has 0 aliphatic carbocycles. The lowest BCUT2D eigenvalue weighted by atomic mass is 9.84. The Morgan fingerprint density at radius 2 is 2.00 bits per heavy atom. The molecule has 10 nitrogen and oxygen atoms in total. The summed E-state index contributed by atoms with van der Waals surface area (Å²) in [6.07, 6.45) is 7.82. The van der Waals surface area contributed by atoms with E-state index in [0.29, 0.717) is 43.7 Å². The number of hydrogen-bond donors (Lipinski definition) is 6. The predicted molar refractivity (Wildman–Crippen MR) is 188 cm³/mol. The van der Waals surface area contributed by atoms with Crippen LogP contribution < -0.4 is 25.4 Å². The minimum absolute atomic E-state index is 0.0141. The molecule has 7 N–H and O–H groups in total. The van der Waals surface area contributed by atoms with Gasteiger partial charge in [0.1, 0.15) is 42.4 Å². The van der Waals surface area contributed by atoms with Crippen molar-refractivity contribution in [1.29, 1.82) is 0 Å². The molecule has 0 saturated heterocycles. The molecule has 2 bridgehead atoms. The van der Waals surface area contributed by atoms with Gasteiger partial charge >= 0.3 is 0 Å². The van der Waals surface area contributed by atoms with Crippen molar-refractivity contribution in [2.24, 2.45) is 16.6 Å². The zero-order chi connectivity index (χ0) is 34.8. The average Bonchev–Trinajstić information content (AvgIpc) is 3.69. The Labute approximate surface area is 293 Å². The Morgan fingerprint density at radius 1 is 1.14 bits per heavy atom. The van der Waals surface area contributed by atoms with Crippen LogP contribution in [0.15, 0.2) is 58.4 Å². The smallest absolute Gasteiger partial charge is 0.251 e. The number of ether oxygens (including phenoxy) is 2. The summed E-state index contributed by atoms with van der Waals surface area (Å²) in [4.78, 5) is 18.6. The van der Waals surface area contributed by atoms with Gasteiger partial charge in [0.2, 0.25) is 0 Å². The van der Waals surface area contributed by atoms with Gasteiger partial charge in [-0.2, -0.15) is 0 Å². The normalized spacial score (nSPS) is 25.7. The van der Waals surface area contributed by atoms with Crippen molar-refractivity contribution in [2.45, 2.75) is 95.4 Å². The Morgan fingerprint density at radius 3 is 2.86 bits per heavy atom. The summed E-state index contributed by atoms with van der Waals surface area (Å²) < 4.78 is 12.6. The van der Waals surface area contributed by atoms with E-state index in [4.69, 9.17) is 20.2 Å². The molecule has 7 atom stereocenters. The Balaban J connectivity index is 1.17. The molecular formula is C40H45N4O6+. The van der Waals surface area contributed by atoms with Crippen molar-refractivity contribution in [3.63, 3.8) is 0 Å². The van der Waals surface area contributed by atoms with E-state index >= 15 is 0 Å². The first kappa shape index (κ1) is 34.2. The summed E-state index contributed by atoms with van der Waals surface area (Å²) in [7, 11) is 0. The maximum Gasteiger partial charge on any atom is 0.251 e. The zero-order valence-electron chi connectivity index (χ0n) is 28.4. The highest BCUT2D eigenvalue weighted by atomic mass is 16.5. The van der Waals surface area contributed by atoms with Gasteiger partial charge in [-0.25, -0.2) is 0 Å². The monoisotopic (exact) mass is 677 g/mol. The number of allylic oxidation sites excluding steroid dienone is 1. The molecule has 5 aliphatic rings. The number of benzene rings is 2. The molecular weight excluding hydrogens is 632 g/mol. The number of rotatable bonds is 9. The lowest BCUT2D eigenvalue weighted by molar-refractivity contribution is -0.889. The highest BCUT2D eigenvalue weighted by molar-refractivity contribution is 5.87. The number of aryl methyl sites for hydroxylation is 1. The van der Waals surface area contributed by atoms with E-state index in [2.05, 4.69) is 35.4 Å². The minimum atomic E-state index is -1.01. The van der Waals surface area contributed by atoms with Gasteiger partial charge in [0, 0.05) is 44.0 Å². The number of aliphatic hydroxyl groups is 3. The van der Waals surface area contributed by atoms with Gasteiger partial charge in [0.15, 0.2) is 11.5 Å². The number of nitrogens with two attached hydrogens (primary N) is 1. The van der Waals surface area contributed by atoms with E-state index in [0.717, 1.165) is 63.4 Å². The summed E-state index contributed by atoms with van der Waals surface area (Å²) >= 11 is 0. The zero-order valence-corrected chi connectivity index (χ0v) is 28.4. The van der Waals surface area contributed by atoms with E-state index in [1.807, 2.05) is 37.4 Å². The molecule has 5 aliphatic heterocycles. The van der Waals surface area contributed by atoms with Gasteiger partial charge < -0.3 is 30.5 Å². The van der Waals surface area contributed by atoms with Crippen LogP contribution >= 0.6 is 0 Å². The molecule has 2 aromatic carbocycles. The molecule has 260 valence electrons. The van der Waals surface area contributed by atoms with E-state index in [-0.39, 0.29) is 37.1 Å². The molecule has 0 amide bonds. The van der Waals surface area contributed by atoms with Crippen molar-refractivity contribution < 1.29 is 34.5 Å². The number of Topliss-reactive ketones (excluding diaryl/α,β-unsaturated/α-hetero) is 1. The first-order chi connectivity index (χ1) is 24.3. The SMILES string of the molecule is CCC[C@H](O)C[C@@H](O)CC(=O)CCc1ccc2c(c1)O[C@@H]1[C@H](C#C[C@H](O)c3ccc4c(c3CC3=C5C[NH+]1C=C5N=C3)CCN[C@H]4N)CC#CO2. The second-order valence-corrected chi connectivity index (χ2v) is 13.9. The number of carbonyl (C=O) groups is 1. The van der Waals surface area contributed by atoms with Crippen molar-refractivity contribution >= 4 is 12.0 Å². The van der Waals surface area contributed by atoms with Crippen LogP contribution in [0.25, 0.3) is 0 Å². The lowest BCUT2D eigenvalue weighted by Gasteiger charge is -2.29. The number of aliphatic hydroxyl groups excluding tert-OH is 3. The molecule has 10 heteroatoms. The van der Waals surface area contributed by atoms with Crippen molar-refractivity contribution in [3.05, 3.63) is 81.2 Å². The predicted octanol–water partition coefficient (Wildman–Crippen LogP) is 2.07. The second kappa shape index (κ2) is 14.9. The first-order valence-corrected chi connectivity index (χ1v) is 17.8. The van der Waals surface area contributed by atoms with Crippen LogP contribution in [-0.2, 0) is 24.1 Å². The fraction of sp³-hybridized carbons (Fsp3) is 0.450. The van der Waals surface area contributed by atoms with Crippen LogP contribution in [0, 0.1) is 29.8 Å². The number of carbonyl (C=O) groups excluding carboxylic acids is 1. The number of hydrogen-bond acceptors (Lipinski definition) is 9. The Kier molecular flexibility index (Phi) is 10.2. The third kappa shape index (κ3) is 7.28. The van der Waals surface area contributed by atoms with Gasteiger partial charge in [-0.3, -0.25) is 20.0 Å². The lowest BCUT2D eigenvalue weighted by Crippen LogP contribution is -3.12. The molecule has 1 unspecified atom stereocenters. The molecule has 2 aromatic rings. The number of nitrogens with one attached hydrogen (secondary N) is 2. The number of ketones is 1. The van der Waals surface area contributed by atoms with E-state index < -0.39 is 24.5 Å². The summed E-state index contributed by atoms with van der Waals surface area (Å²) in [5.41, 5.74) is 14.6. The molecule has 5 heterocycles. The van der Waals surface area contributed by atoms with Gasteiger partial charge in [-0.1, -0.05) is 49.3 Å². The third-order valence-electron chi connectivity index (χ3n) is 10.3. The highest BCUT2D eigenvalue weighted by Gasteiger charge is 2.40. The second-order valence-electron chi connectivity index (χ2n) is 13.9. The maximum absolute atomic E-state index is 12.7. The highest BCUT2D eigenvalue weighted by Crippen LogP contribution is 2.36. The Bertz CT molecular complexity index is 1880. The van der Waals surface area contributed by atoms with E-state index in [1.165, 1.54) is 5.56 Å². The van der Waals surface area contributed by atoms with Crippen LogP contribution in [-0.4, -0.2) is 58.8 Å². The number of aliphatic imine (C=N–C) groups is 1. The van der Waals surface area contributed by atoms with Crippen LogP contribution in [0.5, 0.6) is 11.5 Å². The summed E-state index contributed by atoms with van der Waals surface area (Å²) in [5, 5.41) is 35.2. The summed E-state index contributed by atoms with van der Waals surface area (Å²) in [6, 6.07) is 9.55. The van der Waals surface area contributed by atoms with Gasteiger partial charge in [0.25, 0.3) is 6.23 Å². The third-order valence-corrected chi connectivity index (χ3v) is 10.3. The van der Waals surface area contributed by atoms with Crippen LogP contribution in [0.2, 0.25) is 0 Å². The van der Waals surface area contributed by atoms with Crippen molar-refractivity contribution in [3.8, 4) is 35.4 Å². The molecule has 0 fully saturated rings. The molecule has 0 radical (unpaired) electrons. The van der Waals surface area contributed by atoms with Gasteiger partial charge in [-0.15, -0.1) is 0 Å². The number of nitrogens with zero attached hydrogens (tertiary/aromatic N) is 1. The Hall–Kier alpha value is -4.26. The first-order valence-electron chi connectivity index (χ1n) is 17.8. The average molecular weight is 678 g/mol. The number of quaternary nitrogens is 1. The van der Waals surface area contributed by atoms with Crippen LogP contribution in [0.3, 0.4) is 0 Å². The van der Waals surface area contributed by atoms with Gasteiger partial charge in [-0.05, 0) is 71.2 Å². The molecule has 0 aromatic heterocycles. The largest absolute Gasteiger partial charge is 0.437 e. The van der Waals surface area contributed by atoms with Crippen LogP contribution in [0.4, 0.5) is 0 Å². The fourth-order valence-electron chi connectivity index (χ4n) is 7.67. The van der Waals surface area contributed by atoms with Crippen LogP contribution in [0.1, 0.15) is 85.5 Å². The fourth-order valence-corrected chi connectivity index (χ4v) is 7.67. The van der Waals surface area contributed by atoms with E-state index in [9.17, 15) is 20.1 Å². The van der Waals surface area contributed by atoms with Gasteiger partial charge in [0.05, 0.1) is 18.4 Å². The quantitative estimate of drug-likeness (QED) is 0.221. The molecule has 7 rings (SSSR count). The number of fused-ring (bicyclic) bond motifs is 7. The van der Waals surface area contributed by atoms with E-state index in [1.54, 1.807) is 6.07 Å².